The van der Waals surface area contributed by atoms with Crippen LogP contribution in [-0.2, 0) is 4.74 Å². The Kier molecular flexibility index (Phi) is 4.96. The fourth-order valence-electron chi connectivity index (χ4n) is 1.11. The van der Waals surface area contributed by atoms with Crippen LogP contribution in [0, 0.1) is 0 Å². The molecule has 0 saturated carbocycles. The lowest BCUT2D eigenvalue weighted by atomic mass is 10.2. The van der Waals surface area contributed by atoms with Crippen molar-refractivity contribution >= 4 is 17.0 Å². The van der Waals surface area contributed by atoms with E-state index in [-0.39, 0.29) is 6.61 Å². The fourth-order valence-corrected chi connectivity index (χ4v) is 1.11. The Morgan fingerprint density at radius 3 is 2.76 bits per heavy atom. The lowest BCUT2D eigenvalue weighted by molar-refractivity contribution is 0.0600. The maximum absolute atomic E-state index is 11.2. The lowest BCUT2D eigenvalue weighted by Gasteiger charge is -1.99. The minimum atomic E-state index is -0.414. The Morgan fingerprint density at radius 1 is 1.41 bits per heavy atom. The van der Waals surface area contributed by atoms with Crippen LogP contribution in [0.15, 0.2) is 24.8 Å². The highest BCUT2D eigenvalue weighted by Crippen LogP contribution is 2.09. The largest absolute Gasteiger partial charge is 0.465 e. The highest BCUT2D eigenvalue weighted by molar-refractivity contribution is 5.92. The summed E-state index contributed by atoms with van der Waals surface area (Å²) in [5.74, 6) is -0.414. The van der Waals surface area contributed by atoms with Gasteiger partial charge in [0.2, 0.25) is 0 Å². The van der Waals surface area contributed by atoms with Crippen LogP contribution >= 0.6 is 0 Å². The molecule has 0 atom stereocenters. The fraction of sp³-hybridized carbons (Fsp3) is 0.273. The van der Waals surface area contributed by atoms with Crippen molar-refractivity contribution < 1.29 is 14.6 Å². The number of carbonyl (C=O) groups excluding carboxylic acids is 1. The van der Waals surface area contributed by atoms with Gasteiger partial charge in [0.1, 0.15) is 6.33 Å². The quantitative estimate of drug-likeness (QED) is 0.736. The number of carbonyl (C=O) groups is 1. The standard InChI is InChI=1S/C9H7N3O2.C2H6O/c1-14-9(13)7-2-6-3-10-5-12-8(6)11-4-7;1-2-3/h2-5H,1H3;3H,2H2,1H3. The van der Waals surface area contributed by atoms with E-state index in [1.165, 1.54) is 19.6 Å². The van der Waals surface area contributed by atoms with Crippen molar-refractivity contribution in [3.05, 3.63) is 30.4 Å². The SMILES string of the molecule is CCO.COC(=O)c1cnc2ncncc2c1. The number of aromatic nitrogens is 3. The second kappa shape index (κ2) is 6.49. The molecule has 0 aliphatic rings. The molecule has 2 aromatic rings. The first kappa shape index (κ1) is 13.0. The maximum Gasteiger partial charge on any atom is 0.339 e. The van der Waals surface area contributed by atoms with E-state index in [1.807, 2.05) is 0 Å². The van der Waals surface area contributed by atoms with E-state index in [9.17, 15) is 4.79 Å². The van der Waals surface area contributed by atoms with Crippen molar-refractivity contribution in [1.29, 1.82) is 0 Å². The average Bonchev–Trinajstić information content (AvgIpc) is 2.38. The Morgan fingerprint density at radius 2 is 2.12 bits per heavy atom. The Hall–Kier alpha value is -2.08. The van der Waals surface area contributed by atoms with E-state index < -0.39 is 5.97 Å². The number of methoxy groups -OCH3 is 1. The van der Waals surface area contributed by atoms with Crippen LogP contribution < -0.4 is 0 Å². The van der Waals surface area contributed by atoms with Crippen LogP contribution in [0.3, 0.4) is 0 Å². The number of hydrogen-bond acceptors (Lipinski definition) is 6. The minimum Gasteiger partial charge on any atom is -0.465 e. The van der Waals surface area contributed by atoms with Crippen LogP contribution in [0.1, 0.15) is 17.3 Å². The Labute approximate surface area is 98.3 Å². The van der Waals surface area contributed by atoms with E-state index in [0.29, 0.717) is 11.2 Å². The van der Waals surface area contributed by atoms with Gasteiger partial charge in [-0.05, 0) is 13.0 Å². The number of fused-ring (bicyclic) bond motifs is 1. The smallest absolute Gasteiger partial charge is 0.339 e. The molecule has 0 aliphatic heterocycles. The summed E-state index contributed by atoms with van der Waals surface area (Å²) in [6.07, 6.45) is 4.44. The number of pyridine rings is 1. The summed E-state index contributed by atoms with van der Waals surface area (Å²) < 4.78 is 4.57. The molecule has 0 amide bonds. The number of aliphatic hydroxyl groups is 1. The summed E-state index contributed by atoms with van der Waals surface area (Å²) in [6.45, 7) is 1.93. The van der Waals surface area contributed by atoms with Crippen LogP contribution in [0.5, 0.6) is 0 Å². The third kappa shape index (κ3) is 3.46. The van der Waals surface area contributed by atoms with Gasteiger partial charge in [0.05, 0.1) is 12.7 Å². The molecule has 2 rings (SSSR count). The summed E-state index contributed by atoms with van der Waals surface area (Å²) in [7, 11) is 1.33. The van der Waals surface area contributed by atoms with Crippen LogP contribution in [-0.4, -0.2) is 39.7 Å². The molecule has 0 spiro atoms. The van der Waals surface area contributed by atoms with Gasteiger partial charge < -0.3 is 9.84 Å². The topological polar surface area (TPSA) is 85.2 Å². The number of rotatable bonds is 1. The number of hydrogen-bond donors (Lipinski definition) is 1. The van der Waals surface area contributed by atoms with E-state index in [1.54, 1.807) is 19.2 Å². The molecular formula is C11H13N3O3. The van der Waals surface area contributed by atoms with E-state index in [0.717, 1.165) is 5.39 Å². The van der Waals surface area contributed by atoms with E-state index in [2.05, 4.69) is 19.7 Å². The van der Waals surface area contributed by atoms with Crippen molar-refractivity contribution in [2.75, 3.05) is 13.7 Å². The molecule has 1 N–H and O–H groups in total. The molecular weight excluding hydrogens is 222 g/mol. The zero-order valence-corrected chi connectivity index (χ0v) is 9.62. The number of aliphatic hydroxyl groups excluding tert-OH is 1. The normalized spacial score (nSPS) is 9.35. The molecule has 6 heteroatoms. The van der Waals surface area contributed by atoms with E-state index >= 15 is 0 Å². The summed E-state index contributed by atoms with van der Waals surface area (Å²) in [6, 6.07) is 1.65. The maximum atomic E-state index is 11.2. The van der Waals surface area contributed by atoms with Crippen molar-refractivity contribution in [2.24, 2.45) is 0 Å². The molecule has 0 bridgehead atoms. The average molecular weight is 235 g/mol. The molecule has 90 valence electrons. The Bertz CT molecular complexity index is 502. The number of nitrogens with zero attached hydrogens (tertiary/aromatic N) is 3. The monoisotopic (exact) mass is 235 g/mol. The van der Waals surface area contributed by atoms with Crippen molar-refractivity contribution in [2.45, 2.75) is 6.92 Å². The molecule has 0 fully saturated rings. The van der Waals surface area contributed by atoms with Gasteiger partial charge in [-0.2, -0.15) is 0 Å². The molecule has 6 nitrogen and oxygen atoms in total. The molecule has 2 heterocycles. The minimum absolute atomic E-state index is 0.250. The van der Waals surface area contributed by atoms with Gasteiger partial charge in [0.25, 0.3) is 0 Å². The van der Waals surface area contributed by atoms with Crippen LogP contribution in [0.25, 0.3) is 11.0 Å². The Balaban J connectivity index is 0.000000437. The van der Waals surface area contributed by atoms with Crippen LogP contribution in [0.4, 0.5) is 0 Å². The summed E-state index contributed by atoms with van der Waals surface area (Å²) in [5, 5.41) is 8.29. The molecule has 0 saturated heterocycles. The number of esters is 1. The summed E-state index contributed by atoms with van der Waals surface area (Å²) in [5.41, 5.74) is 0.961. The van der Waals surface area contributed by atoms with Gasteiger partial charge in [-0.25, -0.2) is 19.7 Å². The number of ether oxygens (including phenoxy) is 1. The molecule has 0 radical (unpaired) electrons. The second-order valence-electron chi connectivity index (χ2n) is 2.97. The third-order valence-corrected chi connectivity index (χ3v) is 1.78. The van der Waals surface area contributed by atoms with Crippen molar-refractivity contribution in [3.8, 4) is 0 Å². The van der Waals surface area contributed by atoms with Crippen molar-refractivity contribution in [3.63, 3.8) is 0 Å². The zero-order valence-electron chi connectivity index (χ0n) is 9.62. The molecule has 0 aromatic carbocycles. The first-order valence-corrected chi connectivity index (χ1v) is 4.97. The van der Waals surface area contributed by atoms with Gasteiger partial charge in [0, 0.05) is 24.4 Å². The lowest BCUT2D eigenvalue weighted by Crippen LogP contribution is -2.02. The molecule has 0 aliphatic carbocycles. The third-order valence-electron chi connectivity index (χ3n) is 1.78. The molecule has 0 unspecified atom stereocenters. The second-order valence-corrected chi connectivity index (χ2v) is 2.97. The molecule has 2 aromatic heterocycles. The zero-order chi connectivity index (χ0) is 12.7. The highest BCUT2D eigenvalue weighted by atomic mass is 16.5. The first-order valence-electron chi connectivity index (χ1n) is 4.97. The van der Waals surface area contributed by atoms with Crippen LogP contribution in [0.2, 0.25) is 0 Å². The highest BCUT2D eigenvalue weighted by Gasteiger charge is 2.06. The van der Waals surface area contributed by atoms with Gasteiger partial charge in [-0.3, -0.25) is 0 Å². The summed E-state index contributed by atoms with van der Waals surface area (Å²) in [4.78, 5) is 22.9. The van der Waals surface area contributed by atoms with E-state index in [4.69, 9.17) is 5.11 Å². The predicted octanol–water partition coefficient (Wildman–Crippen LogP) is 0.810. The summed E-state index contributed by atoms with van der Waals surface area (Å²) >= 11 is 0. The van der Waals surface area contributed by atoms with Gasteiger partial charge in [0.15, 0.2) is 5.65 Å². The van der Waals surface area contributed by atoms with Gasteiger partial charge in [-0.15, -0.1) is 0 Å². The predicted molar refractivity (Wildman–Crippen MR) is 61.4 cm³/mol. The van der Waals surface area contributed by atoms with Gasteiger partial charge in [-0.1, -0.05) is 0 Å². The molecule has 17 heavy (non-hydrogen) atoms. The van der Waals surface area contributed by atoms with Crippen molar-refractivity contribution in [1.82, 2.24) is 15.0 Å². The van der Waals surface area contributed by atoms with Gasteiger partial charge >= 0.3 is 5.97 Å². The first-order chi connectivity index (χ1) is 8.22.